The zero-order chi connectivity index (χ0) is 27.1. The molecule has 2 aliphatic rings. The number of carbonyl (C=O) groups excluding carboxylic acids is 4. The van der Waals surface area contributed by atoms with E-state index in [1.807, 2.05) is 49.4 Å². The number of hydrogen-bond donors (Lipinski definition) is 3. The van der Waals surface area contributed by atoms with E-state index in [1.54, 1.807) is 19.2 Å². The van der Waals surface area contributed by atoms with E-state index in [-0.39, 0.29) is 36.6 Å². The Morgan fingerprint density at radius 1 is 1.03 bits per heavy atom. The predicted molar refractivity (Wildman–Crippen MR) is 140 cm³/mol. The van der Waals surface area contributed by atoms with Crippen molar-refractivity contribution in [1.29, 1.82) is 0 Å². The minimum Gasteiger partial charge on any atom is -0.497 e. The Morgan fingerprint density at radius 3 is 2.29 bits per heavy atom. The molecule has 2 aromatic carbocycles. The molecule has 4 unspecified atom stereocenters. The molecule has 2 heterocycles. The number of ketones is 1. The molecule has 0 bridgehead atoms. The van der Waals surface area contributed by atoms with E-state index in [1.165, 1.54) is 0 Å². The van der Waals surface area contributed by atoms with Crippen molar-refractivity contribution in [2.24, 2.45) is 0 Å². The van der Waals surface area contributed by atoms with Gasteiger partial charge in [0.25, 0.3) is 0 Å². The molecular formula is C29H35N3O6. The number of ether oxygens (including phenoxy) is 2. The van der Waals surface area contributed by atoms with Crippen molar-refractivity contribution in [1.82, 2.24) is 16.0 Å². The van der Waals surface area contributed by atoms with Crippen LogP contribution in [-0.2, 0) is 36.8 Å². The summed E-state index contributed by atoms with van der Waals surface area (Å²) in [4.78, 5) is 51.4. The molecule has 3 N–H and O–H groups in total. The number of carbonyl (C=O) groups is 4. The zero-order valence-electron chi connectivity index (χ0n) is 21.8. The third kappa shape index (κ3) is 7.64. The van der Waals surface area contributed by atoms with Gasteiger partial charge < -0.3 is 25.4 Å². The van der Waals surface area contributed by atoms with Gasteiger partial charge in [-0.3, -0.25) is 19.2 Å². The highest BCUT2D eigenvalue weighted by molar-refractivity contribution is 5.96. The molecule has 9 heteroatoms. The third-order valence-corrected chi connectivity index (χ3v) is 7.07. The molecule has 3 amide bonds. The van der Waals surface area contributed by atoms with Crippen molar-refractivity contribution in [2.45, 2.75) is 69.2 Å². The number of benzene rings is 2. The molecule has 2 fully saturated rings. The standard InChI is InChI=1S/C29H35N3O6/c1-29(18-38-29)15-14-25(33)23(16-19-6-4-3-5-7-19)31-28(36)24(17-20-8-10-21(37-2)11-9-20)32-27(35)22-12-13-26(34)30-22/h3-11,22-24H,12-18H2,1-2H3,(H,30,34)(H,31,36)(H,32,35). The highest BCUT2D eigenvalue weighted by atomic mass is 16.6. The largest absolute Gasteiger partial charge is 0.497 e. The van der Waals surface area contributed by atoms with Gasteiger partial charge in [-0.25, -0.2) is 0 Å². The molecule has 2 aliphatic heterocycles. The summed E-state index contributed by atoms with van der Waals surface area (Å²) in [5.41, 5.74) is 1.46. The summed E-state index contributed by atoms with van der Waals surface area (Å²) in [7, 11) is 1.57. The lowest BCUT2D eigenvalue weighted by Crippen LogP contribution is -2.55. The molecule has 202 valence electrons. The molecule has 2 saturated heterocycles. The normalized spacial score (nSPS) is 21.6. The summed E-state index contributed by atoms with van der Waals surface area (Å²) in [6, 6.07) is 14.3. The van der Waals surface area contributed by atoms with Gasteiger partial charge in [-0.05, 0) is 49.4 Å². The van der Waals surface area contributed by atoms with Crippen molar-refractivity contribution >= 4 is 23.5 Å². The Labute approximate surface area is 222 Å². The summed E-state index contributed by atoms with van der Waals surface area (Å²) in [6.07, 6.45) is 2.05. The lowest BCUT2D eigenvalue weighted by atomic mass is 9.95. The van der Waals surface area contributed by atoms with Crippen LogP contribution < -0.4 is 20.7 Å². The summed E-state index contributed by atoms with van der Waals surface area (Å²) in [6.45, 7) is 2.59. The molecule has 0 spiro atoms. The highest BCUT2D eigenvalue weighted by Crippen LogP contribution is 2.31. The second-order valence-corrected chi connectivity index (χ2v) is 10.2. The van der Waals surface area contributed by atoms with Crippen LogP contribution in [0.25, 0.3) is 0 Å². The van der Waals surface area contributed by atoms with Gasteiger partial charge in [0.15, 0.2) is 5.78 Å². The predicted octanol–water partition coefficient (Wildman–Crippen LogP) is 1.87. The van der Waals surface area contributed by atoms with Gasteiger partial charge in [0.05, 0.1) is 25.4 Å². The van der Waals surface area contributed by atoms with Crippen molar-refractivity contribution < 1.29 is 28.7 Å². The number of nitrogens with one attached hydrogen (secondary N) is 3. The molecule has 0 saturated carbocycles. The van der Waals surface area contributed by atoms with Crippen LogP contribution in [0.2, 0.25) is 0 Å². The van der Waals surface area contributed by atoms with Crippen LogP contribution in [-0.4, -0.2) is 60.9 Å². The van der Waals surface area contributed by atoms with Gasteiger partial charge in [0, 0.05) is 19.3 Å². The quantitative estimate of drug-likeness (QED) is 0.346. The highest BCUT2D eigenvalue weighted by Gasteiger charge is 2.40. The Morgan fingerprint density at radius 2 is 1.68 bits per heavy atom. The lowest BCUT2D eigenvalue weighted by Gasteiger charge is -2.24. The second-order valence-electron chi connectivity index (χ2n) is 10.2. The molecule has 0 aromatic heterocycles. The first-order valence-corrected chi connectivity index (χ1v) is 13.0. The third-order valence-electron chi connectivity index (χ3n) is 7.07. The van der Waals surface area contributed by atoms with Crippen LogP contribution in [0.3, 0.4) is 0 Å². The molecule has 0 aliphatic carbocycles. The maximum Gasteiger partial charge on any atom is 0.243 e. The Balaban J connectivity index is 1.50. The van der Waals surface area contributed by atoms with E-state index < -0.39 is 29.9 Å². The summed E-state index contributed by atoms with van der Waals surface area (Å²) >= 11 is 0. The minimum absolute atomic E-state index is 0.0866. The van der Waals surface area contributed by atoms with E-state index in [2.05, 4.69) is 16.0 Å². The number of amides is 3. The van der Waals surface area contributed by atoms with Crippen LogP contribution >= 0.6 is 0 Å². The fourth-order valence-electron chi connectivity index (χ4n) is 4.49. The Bertz CT molecular complexity index is 1150. The van der Waals surface area contributed by atoms with Gasteiger partial charge >= 0.3 is 0 Å². The summed E-state index contributed by atoms with van der Waals surface area (Å²) in [5, 5.41) is 8.36. The van der Waals surface area contributed by atoms with Crippen molar-refractivity contribution in [3.05, 3.63) is 65.7 Å². The maximum absolute atomic E-state index is 13.6. The molecular weight excluding hydrogens is 486 g/mol. The van der Waals surface area contributed by atoms with Crippen molar-refractivity contribution in [3.63, 3.8) is 0 Å². The van der Waals surface area contributed by atoms with E-state index >= 15 is 0 Å². The van der Waals surface area contributed by atoms with Gasteiger partial charge in [0.1, 0.15) is 17.8 Å². The van der Waals surface area contributed by atoms with Crippen LogP contribution in [0.4, 0.5) is 0 Å². The molecule has 2 aromatic rings. The molecule has 38 heavy (non-hydrogen) atoms. The first-order valence-electron chi connectivity index (χ1n) is 13.0. The van der Waals surface area contributed by atoms with Crippen LogP contribution in [0.5, 0.6) is 5.75 Å². The fraction of sp³-hybridized carbons (Fsp3) is 0.448. The van der Waals surface area contributed by atoms with Gasteiger partial charge in [-0.1, -0.05) is 42.5 Å². The van der Waals surface area contributed by atoms with Crippen LogP contribution in [0.1, 0.15) is 43.7 Å². The van der Waals surface area contributed by atoms with Crippen LogP contribution in [0, 0.1) is 0 Å². The van der Waals surface area contributed by atoms with Crippen molar-refractivity contribution in [2.75, 3.05) is 13.7 Å². The topological polar surface area (TPSA) is 126 Å². The van der Waals surface area contributed by atoms with E-state index in [0.717, 1.165) is 11.1 Å². The second kappa shape index (κ2) is 12.2. The Hall–Kier alpha value is -3.72. The van der Waals surface area contributed by atoms with Crippen LogP contribution in [0.15, 0.2) is 54.6 Å². The number of epoxide rings is 1. The van der Waals surface area contributed by atoms with E-state index in [4.69, 9.17) is 9.47 Å². The number of hydrogen-bond acceptors (Lipinski definition) is 6. The van der Waals surface area contributed by atoms with Crippen molar-refractivity contribution in [3.8, 4) is 5.75 Å². The van der Waals surface area contributed by atoms with Gasteiger partial charge in [-0.2, -0.15) is 0 Å². The van der Waals surface area contributed by atoms with E-state index in [0.29, 0.717) is 31.6 Å². The SMILES string of the molecule is COc1ccc(CC(NC(=O)C2CCC(=O)N2)C(=O)NC(Cc2ccccc2)C(=O)CCC2(C)CO2)cc1. The number of methoxy groups -OCH3 is 1. The fourth-order valence-corrected chi connectivity index (χ4v) is 4.49. The van der Waals surface area contributed by atoms with E-state index in [9.17, 15) is 19.2 Å². The number of Topliss-reactive ketones (excluding diaryl/α,β-unsaturated/α-hetero) is 1. The first-order chi connectivity index (χ1) is 18.2. The zero-order valence-corrected chi connectivity index (χ0v) is 21.8. The molecule has 4 atom stereocenters. The molecule has 4 rings (SSSR count). The maximum atomic E-state index is 13.6. The smallest absolute Gasteiger partial charge is 0.243 e. The first kappa shape index (κ1) is 27.3. The van der Waals surface area contributed by atoms with Gasteiger partial charge in [-0.15, -0.1) is 0 Å². The number of rotatable bonds is 13. The average molecular weight is 522 g/mol. The molecule has 9 nitrogen and oxygen atoms in total. The molecule has 0 radical (unpaired) electrons. The summed E-state index contributed by atoms with van der Waals surface area (Å²) < 4.78 is 10.6. The Kier molecular flexibility index (Phi) is 8.78. The average Bonchev–Trinajstić information content (AvgIpc) is 3.50. The van der Waals surface area contributed by atoms with Gasteiger partial charge in [0.2, 0.25) is 17.7 Å². The summed E-state index contributed by atoms with van der Waals surface area (Å²) in [5.74, 6) is -0.482. The lowest BCUT2D eigenvalue weighted by molar-refractivity contribution is -0.132. The monoisotopic (exact) mass is 521 g/mol. The minimum atomic E-state index is -0.941.